The Balaban J connectivity index is 1.83. The molecule has 0 spiro atoms. The van der Waals surface area contributed by atoms with Crippen LogP contribution in [-0.4, -0.2) is 17.4 Å². The molecular formula is C13H15ClN2O. The van der Waals surface area contributed by atoms with E-state index in [1.165, 1.54) is 31.0 Å². The second-order valence-corrected chi connectivity index (χ2v) is 4.52. The number of nitrogens with one attached hydrogen (secondary N) is 1. The van der Waals surface area contributed by atoms with Gasteiger partial charge < -0.3 is 5.32 Å². The van der Waals surface area contributed by atoms with E-state index in [9.17, 15) is 4.79 Å². The van der Waals surface area contributed by atoms with Crippen LogP contribution in [0, 0.1) is 0 Å². The molecule has 2 rings (SSSR count). The van der Waals surface area contributed by atoms with E-state index in [2.05, 4.69) is 16.4 Å². The maximum absolute atomic E-state index is 11.8. The molecule has 3 nitrogen and oxygen atoms in total. The van der Waals surface area contributed by atoms with Gasteiger partial charge in [0.15, 0.2) is 0 Å². The molecule has 1 heterocycles. The maximum atomic E-state index is 11.8. The van der Waals surface area contributed by atoms with E-state index in [1.807, 2.05) is 0 Å². The smallest absolute Gasteiger partial charge is 0.252 e. The molecule has 1 aliphatic rings. The van der Waals surface area contributed by atoms with Gasteiger partial charge in [-0.25, -0.2) is 0 Å². The molecule has 1 amide bonds. The van der Waals surface area contributed by atoms with Crippen LogP contribution in [0.3, 0.4) is 0 Å². The van der Waals surface area contributed by atoms with Gasteiger partial charge in [-0.2, -0.15) is 0 Å². The first-order chi connectivity index (χ1) is 8.27. The molecule has 17 heavy (non-hydrogen) atoms. The molecule has 0 saturated heterocycles. The lowest BCUT2D eigenvalue weighted by molar-refractivity contribution is 0.0954. The topological polar surface area (TPSA) is 42.0 Å². The summed E-state index contributed by atoms with van der Waals surface area (Å²) < 4.78 is 0. The number of pyridine rings is 1. The van der Waals surface area contributed by atoms with Gasteiger partial charge in [0.1, 0.15) is 0 Å². The highest BCUT2D eigenvalue weighted by atomic mass is 35.5. The van der Waals surface area contributed by atoms with Crippen molar-refractivity contribution in [3.05, 3.63) is 40.7 Å². The summed E-state index contributed by atoms with van der Waals surface area (Å²) in [5, 5.41) is 3.27. The molecule has 4 heteroatoms. The van der Waals surface area contributed by atoms with Crippen LogP contribution in [0.2, 0.25) is 5.02 Å². The SMILES string of the molecule is O=C(NCCC1=CCCC1)c1ccncc1Cl. The number of carbonyl (C=O) groups is 1. The van der Waals surface area contributed by atoms with Gasteiger partial charge >= 0.3 is 0 Å². The second kappa shape index (κ2) is 5.82. The predicted molar refractivity (Wildman–Crippen MR) is 68.1 cm³/mol. The molecule has 0 aliphatic heterocycles. The summed E-state index contributed by atoms with van der Waals surface area (Å²) in [7, 11) is 0. The largest absolute Gasteiger partial charge is 0.352 e. The lowest BCUT2D eigenvalue weighted by Crippen LogP contribution is -2.25. The number of hydrogen-bond acceptors (Lipinski definition) is 2. The molecule has 1 aliphatic carbocycles. The average Bonchev–Trinajstić information content (AvgIpc) is 2.82. The number of carbonyl (C=O) groups excluding carboxylic acids is 1. The molecule has 0 radical (unpaired) electrons. The van der Waals surface area contributed by atoms with Gasteiger partial charge in [0.05, 0.1) is 10.6 Å². The Kier molecular flexibility index (Phi) is 4.15. The number of halogens is 1. The lowest BCUT2D eigenvalue weighted by Gasteiger charge is -2.06. The van der Waals surface area contributed by atoms with Crippen LogP contribution < -0.4 is 5.32 Å². The number of aromatic nitrogens is 1. The third kappa shape index (κ3) is 3.30. The molecule has 1 aromatic rings. The van der Waals surface area contributed by atoms with E-state index in [0.717, 1.165) is 6.42 Å². The van der Waals surface area contributed by atoms with E-state index in [-0.39, 0.29) is 5.91 Å². The Hall–Kier alpha value is -1.35. The fourth-order valence-corrected chi connectivity index (χ4v) is 2.16. The number of allylic oxidation sites excluding steroid dienone is 1. The van der Waals surface area contributed by atoms with Crippen LogP contribution in [-0.2, 0) is 0 Å². The quantitative estimate of drug-likeness (QED) is 0.835. The third-order valence-electron chi connectivity index (χ3n) is 2.88. The highest BCUT2D eigenvalue weighted by Gasteiger charge is 2.10. The molecule has 0 saturated carbocycles. The molecule has 0 unspecified atom stereocenters. The van der Waals surface area contributed by atoms with Crippen molar-refractivity contribution in [1.29, 1.82) is 0 Å². The number of hydrogen-bond donors (Lipinski definition) is 1. The molecule has 0 fully saturated rings. The molecule has 1 N–H and O–H groups in total. The number of rotatable bonds is 4. The van der Waals surface area contributed by atoms with Crippen LogP contribution >= 0.6 is 11.6 Å². The van der Waals surface area contributed by atoms with Gasteiger partial charge in [-0.1, -0.05) is 23.3 Å². The summed E-state index contributed by atoms with van der Waals surface area (Å²) in [5.41, 5.74) is 1.94. The van der Waals surface area contributed by atoms with Crippen LogP contribution in [0.25, 0.3) is 0 Å². The molecular weight excluding hydrogens is 236 g/mol. The molecule has 1 aromatic heterocycles. The highest BCUT2D eigenvalue weighted by molar-refractivity contribution is 6.33. The van der Waals surface area contributed by atoms with Gasteiger partial charge in [0.2, 0.25) is 0 Å². The van der Waals surface area contributed by atoms with Crippen molar-refractivity contribution >= 4 is 17.5 Å². The normalized spacial score (nSPS) is 14.5. The van der Waals surface area contributed by atoms with Crippen molar-refractivity contribution in [3.63, 3.8) is 0 Å². The second-order valence-electron chi connectivity index (χ2n) is 4.12. The van der Waals surface area contributed by atoms with Gasteiger partial charge in [-0.15, -0.1) is 0 Å². The fourth-order valence-electron chi connectivity index (χ4n) is 1.96. The van der Waals surface area contributed by atoms with E-state index < -0.39 is 0 Å². The van der Waals surface area contributed by atoms with Crippen LogP contribution in [0.1, 0.15) is 36.0 Å². The van der Waals surface area contributed by atoms with Crippen LogP contribution in [0.15, 0.2) is 30.1 Å². The Labute approximate surface area is 106 Å². The Morgan fingerprint density at radius 1 is 1.53 bits per heavy atom. The van der Waals surface area contributed by atoms with E-state index in [4.69, 9.17) is 11.6 Å². The minimum Gasteiger partial charge on any atom is -0.352 e. The highest BCUT2D eigenvalue weighted by Crippen LogP contribution is 2.20. The first-order valence-corrected chi connectivity index (χ1v) is 6.21. The molecule has 0 aromatic carbocycles. The van der Waals surface area contributed by atoms with E-state index >= 15 is 0 Å². The van der Waals surface area contributed by atoms with Crippen molar-refractivity contribution in [2.75, 3.05) is 6.54 Å². The first kappa shape index (κ1) is 12.1. The Bertz CT molecular complexity index is 443. The Morgan fingerprint density at radius 3 is 3.12 bits per heavy atom. The fraction of sp³-hybridized carbons (Fsp3) is 0.385. The zero-order valence-corrected chi connectivity index (χ0v) is 10.3. The van der Waals surface area contributed by atoms with E-state index in [0.29, 0.717) is 17.1 Å². The minimum absolute atomic E-state index is 0.129. The standard InChI is InChI=1S/C13H15ClN2O/c14-12-9-15-7-6-11(12)13(17)16-8-5-10-3-1-2-4-10/h3,6-7,9H,1-2,4-5,8H2,(H,16,17). The van der Waals surface area contributed by atoms with Gasteiger partial charge in [0.25, 0.3) is 5.91 Å². The monoisotopic (exact) mass is 250 g/mol. The zero-order chi connectivity index (χ0) is 12.1. The minimum atomic E-state index is -0.129. The predicted octanol–water partition coefficient (Wildman–Crippen LogP) is 2.97. The van der Waals surface area contributed by atoms with Crippen molar-refractivity contribution < 1.29 is 4.79 Å². The van der Waals surface area contributed by atoms with Crippen molar-refractivity contribution in [2.24, 2.45) is 0 Å². The summed E-state index contributed by atoms with van der Waals surface area (Å²) >= 11 is 5.89. The van der Waals surface area contributed by atoms with Gasteiger partial charge in [-0.3, -0.25) is 9.78 Å². The van der Waals surface area contributed by atoms with Crippen LogP contribution in [0.5, 0.6) is 0 Å². The molecule has 0 bridgehead atoms. The summed E-state index contributed by atoms with van der Waals surface area (Å²) in [6.07, 6.45) is 9.86. The summed E-state index contributed by atoms with van der Waals surface area (Å²) in [6.45, 7) is 0.670. The summed E-state index contributed by atoms with van der Waals surface area (Å²) in [6, 6.07) is 1.63. The van der Waals surface area contributed by atoms with Crippen molar-refractivity contribution in [3.8, 4) is 0 Å². The van der Waals surface area contributed by atoms with Gasteiger partial charge in [0, 0.05) is 18.9 Å². The maximum Gasteiger partial charge on any atom is 0.252 e. The zero-order valence-electron chi connectivity index (χ0n) is 9.58. The van der Waals surface area contributed by atoms with E-state index in [1.54, 1.807) is 12.3 Å². The lowest BCUT2D eigenvalue weighted by atomic mass is 10.1. The van der Waals surface area contributed by atoms with Crippen molar-refractivity contribution in [1.82, 2.24) is 10.3 Å². The Morgan fingerprint density at radius 2 is 2.41 bits per heavy atom. The van der Waals surface area contributed by atoms with Crippen molar-refractivity contribution in [2.45, 2.75) is 25.7 Å². The first-order valence-electron chi connectivity index (χ1n) is 5.83. The molecule has 0 atom stereocenters. The number of nitrogens with zero attached hydrogens (tertiary/aromatic N) is 1. The third-order valence-corrected chi connectivity index (χ3v) is 3.18. The number of amides is 1. The van der Waals surface area contributed by atoms with Crippen LogP contribution in [0.4, 0.5) is 0 Å². The summed E-state index contributed by atoms with van der Waals surface area (Å²) in [5.74, 6) is -0.129. The van der Waals surface area contributed by atoms with Gasteiger partial charge in [-0.05, 0) is 31.7 Å². The molecule has 90 valence electrons. The average molecular weight is 251 g/mol. The summed E-state index contributed by atoms with van der Waals surface area (Å²) in [4.78, 5) is 15.6.